The van der Waals surface area contributed by atoms with Gasteiger partial charge >= 0.3 is 11.9 Å². The van der Waals surface area contributed by atoms with Crippen molar-refractivity contribution in [3.8, 4) is 5.69 Å². The van der Waals surface area contributed by atoms with Gasteiger partial charge in [-0.3, -0.25) is 4.79 Å². The van der Waals surface area contributed by atoms with Crippen molar-refractivity contribution in [2.75, 3.05) is 19.4 Å². The van der Waals surface area contributed by atoms with Crippen molar-refractivity contribution in [1.82, 2.24) is 14.7 Å². The molecule has 9 heteroatoms. The van der Waals surface area contributed by atoms with Gasteiger partial charge in [-0.2, -0.15) is 19.4 Å². The second kappa shape index (κ2) is 7.72. The van der Waals surface area contributed by atoms with Crippen LogP contribution in [0.4, 0.5) is 10.6 Å². The second-order valence-corrected chi connectivity index (χ2v) is 7.48. The SMILES string of the molecule is CN1C(=O)C2C(CC(=O)Nc3ccn(-c4ccc(Cl)cc4)n3)=CC=CC2=[N+](C)C1=O. The number of halogens is 1. The van der Waals surface area contributed by atoms with Gasteiger partial charge in [-0.1, -0.05) is 23.8 Å². The van der Waals surface area contributed by atoms with E-state index in [0.29, 0.717) is 22.1 Å². The number of rotatable bonds is 4. The first kappa shape index (κ1) is 19.8. The van der Waals surface area contributed by atoms with Crippen LogP contribution in [0.1, 0.15) is 6.42 Å². The van der Waals surface area contributed by atoms with Crippen molar-refractivity contribution in [3.63, 3.8) is 0 Å². The van der Waals surface area contributed by atoms with Gasteiger partial charge in [-0.25, -0.2) is 9.48 Å². The molecule has 4 amide bonds. The summed E-state index contributed by atoms with van der Waals surface area (Å²) in [4.78, 5) is 38.5. The number of aromatic nitrogens is 2. The zero-order valence-electron chi connectivity index (χ0n) is 16.4. The zero-order chi connectivity index (χ0) is 21.4. The average Bonchev–Trinajstić information content (AvgIpc) is 3.19. The third-order valence-electron chi connectivity index (χ3n) is 5.09. The number of benzene rings is 1. The third kappa shape index (κ3) is 3.57. The van der Waals surface area contributed by atoms with Gasteiger partial charge in [0.1, 0.15) is 11.6 Å². The van der Waals surface area contributed by atoms with E-state index in [2.05, 4.69) is 10.4 Å². The lowest BCUT2D eigenvalue weighted by molar-refractivity contribution is -0.405. The van der Waals surface area contributed by atoms with Crippen molar-refractivity contribution >= 4 is 41.0 Å². The van der Waals surface area contributed by atoms with Crippen LogP contribution in [-0.4, -0.2) is 56.9 Å². The third-order valence-corrected chi connectivity index (χ3v) is 5.35. The molecule has 4 rings (SSSR count). The Kier molecular flexibility index (Phi) is 5.09. The maximum Gasteiger partial charge on any atom is 0.500 e. The fraction of sp³-hybridized carbons (Fsp3) is 0.190. The van der Waals surface area contributed by atoms with E-state index in [4.69, 9.17) is 11.6 Å². The Bertz CT molecular complexity index is 1140. The van der Waals surface area contributed by atoms with Gasteiger partial charge in [-0.15, -0.1) is 0 Å². The molecule has 2 aliphatic rings. The number of imide groups is 1. The van der Waals surface area contributed by atoms with E-state index in [1.54, 1.807) is 54.4 Å². The quantitative estimate of drug-likeness (QED) is 0.764. The highest BCUT2D eigenvalue weighted by Gasteiger charge is 2.46. The number of carbonyl (C=O) groups excluding carboxylic acids is 3. The van der Waals surface area contributed by atoms with Crippen molar-refractivity contribution < 1.29 is 19.0 Å². The first-order chi connectivity index (χ1) is 14.3. The molecule has 2 aromatic rings. The summed E-state index contributed by atoms with van der Waals surface area (Å²) in [5.41, 5.74) is 2.00. The molecular weight excluding hydrogens is 406 g/mol. The molecule has 1 N–H and O–H groups in total. The Morgan fingerprint density at radius 1 is 1.23 bits per heavy atom. The molecule has 1 aromatic carbocycles. The lowest BCUT2D eigenvalue weighted by atomic mass is 9.85. The van der Waals surface area contributed by atoms with Crippen LogP contribution in [-0.2, 0) is 9.59 Å². The molecule has 8 nitrogen and oxygen atoms in total. The number of allylic oxidation sites excluding steroid dienone is 3. The number of amides is 4. The average molecular weight is 425 g/mol. The van der Waals surface area contributed by atoms with Gasteiger partial charge in [0.15, 0.2) is 5.82 Å². The summed E-state index contributed by atoms with van der Waals surface area (Å²) in [5.74, 6) is -0.902. The Balaban J connectivity index is 1.49. The molecule has 0 spiro atoms. The van der Waals surface area contributed by atoms with Crippen molar-refractivity contribution in [1.29, 1.82) is 0 Å². The molecule has 1 aliphatic heterocycles. The first-order valence-corrected chi connectivity index (χ1v) is 9.63. The largest absolute Gasteiger partial charge is 0.500 e. The van der Waals surface area contributed by atoms with Gasteiger partial charge in [0.2, 0.25) is 5.91 Å². The van der Waals surface area contributed by atoms with Crippen LogP contribution >= 0.6 is 11.6 Å². The number of hydrogen-bond donors (Lipinski definition) is 1. The van der Waals surface area contributed by atoms with Crippen LogP contribution < -0.4 is 5.32 Å². The van der Waals surface area contributed by atoms with E-state index in [-0.39, 0.29) is 18.2 Å². The molecule has 1 aromatic heterocycles. The monoisotopic (exact) mass is 424 g/mol. The number of urea groups is 1. The van der Waals surface area contributed by atoms with E-state index in [1.165, 1.54) is 11.6 Å². The van der Waals surface area contributed by atoms with Crippen LogP contribution in [0.25, 0.3) is 5.69 Å². The number of carbonyl (C=O) groups is 3. The normalized spacial score (nSPS) is 18.4. The molecule has 30 heavy (non-hydrogen) atoms. The predicted molar refractivity (Wildman–Crippen MR) is 112 cm³/mol. The van der Waals surface area contributed by atoms with Crippen LogP contribution in [0, 0.1) is 5.92 Å². The van der Waals surface area contributed by atoms with Gasteiger partial charge in [0.25, 0.3) is 0 Å². The summed E-state index contributed by atoms with van der Waals surface area (Å²) in [7, 11) is 3.06. The van der Waals surface area contributed by atoms with E-state index in [0.717, 1.165) is 10.6 Å². The molecule has 0 radical (unpaired) electrons. The summed E-state index contributed by atoms with van der Waals surface area (Å²) in [6.45, 7) is 0. The molecule has 152 valence electrons. The Hall–Kier alpha value is -3.52. The highest BCUT2D eigenvalue weighted by atomic mass is 35.5. The van der Waals surface area contributed by atoms with Crippen LogP contribution in [0.5, 0.6) is 0 Å². The minimum absolute atomic E-state index is 0.00786. The fourth-order valence-electron chi connectivity index (χ4n) is 3.53. The van der Waals surface area contributed by atoms with Gasteiger partial charge in [-0.05, 0) is 35.9 Å². The Labute approximate surface area is 177 Å². The van der Waals surface area contributed by atoms with Gasteiger partial charge < -0.3 is 5.32 Å². The minimum atomic E-state index is -0.653. The van der Waals surface area contributed by atoms with Crippen molar-refractivity contribution in [3.05, 3.63) is 65.4 Å². The van der Waals surface area contributed by atoms with Crippen LogP contribution in [0.15, 0.2) is 60.3 Å². The summed E-state index contributed by atoms with van der Waals surface area (Å²) in [6, 6.07) is 8.45. The van der Waals surface area contributed by atoms with Crippen LogP contribution in [0.3, 0.4) is 0 Å². The maximum atomic E-state index is 12.7. The Morgan fingerprint density at radius 2 is 1.97 bits per heavy atom. The molecule has 2 heterocycles. The number of fused-ring (bicyclic) bond motifs is 1. The minimum Gasteiger partial charge on any atom is -0.309 e. The smallest absolute Gasteiger partial charge is 0.309 e. The van der Waals surface area contributed by atoms with E-state index < -0.39 is 11.9 Å². The lowest BCUT2D eigenvalue weighted by Gasteiger charge is -2.27. The van der Waals surface area contributed by atoms with Crippen LogP contribution in [0.2, 0.25) is 5.02 Å². The fourth-order valence-corrected chi connectivity index (χ4v) is 3.65. The van der Waals surface area contributed by atoms with E-state index in [9.17, 15) is 14.4 Å². The van der Waals surface area contributed by atoms with Gasteiger partial charge in [0, 0.05) is 23.7 Å². The van der Waals surface area contributed by atoms with E-state index in [1.807, 2.05) is 12.1 Å². The number of hydrogen-bond acceptors (Lipinski definition) is 4. The molecule has 0 saturated heterocycles. The number of nitrogens with zero attached hydrogens (tertiary/aromatic N) is 4. The summed E-state index contributed by atoms with van der Waals surface area (Å²) in [6.07, 6.45) is 6.95. The van der Waals surface area contributed by atoms with Crippen molar-refractivity contribution in [2.24, 2.45) is 5.92 Å². The zero-order valence-corrected chi connectivity index (χ0v) is 17.1. The molecule has 0 bridgehead atoms. The summed E-state index contributed by atoms with van der Waals surface area (Å²) >= 11 is 5.90. The highest BCUT2D eigenvalue weighted by Crippen LogP contribution is 2.27. The highest BCUT2D eigenvalue weighted by molar-refractivity contribution is 6.30. The summed E-state index contributed by atoms with van der Waals surface area (Å²) < 4.78 is 3.06. The topological polar surface area (TPSA) is 87.3 Å². The molecule has 1 unspecified atom stereocenters. The van der Waals surface area contributed by atoms with Crippen molar-refractivity contribution in [2.45, 2.75) is 6.42 Å². The number of nitrogens with one attached hydrogen (secondary N) is 1. The standard InChI is InChI=1S/C21H18ClN5O3/c1-25-16-5-3-4-13(19(16)20(29)26(2)21(25)30)12-18(28)23-17-10-11-27(24-17)15-8-6-14(22)7-9-15/h3-11,19H,12H2,1-2H3/p+1. The summed E-state index contributed by atoms with van der Waals surface area (Å²) in [5, 5.41) is 7.73. The number of anilines is 1. The molecule has 0 saturated carbocycles. The maximum absolute atomic E-state index is 12.7. The lowest BCUT2D eigenvalue weighted by Crippen LogP contribution is -2.52. The Morgan fingerprint density at radius 3 is 2.70 bits per heavy atom. The predicted octanol–water partition coefficient (Wildman–Crippen LogP) is 2.64. The molecule has 1 aliphatic carbocycles. The molecule has 0 fully saturated rings. The van der Waals surface area contributed by atoms with E-state index >= 15 is 0 Å². The molecule has 1 atom stereocenters. The second-order valence-electron chi connectivity index (χ2n) is 7.04. The van der Waals surface area contributed by atoms with Gasteiger partial charge in [0.05, 0.1) is 19.8 Å². The molecular formula is C21H19ClN5O3+. The first-order valence-electron chi connectivity index (χ1n) is 9.26.